The summed E-state index contributed by atoms with van der Waals surface area (Å²) in [5, 5.41) is 9.20. The second kappa shape index (κ2) is 7.96. The third-order valence-electron chi connectivity index (χ3n) is 4.20. The van der Waals surface area contributed by atoms with E-state index in [1.54, 1.807) is 53.3 Å². The fraction of sp³-hybridized carbons (Fsp3) is 0.0500. The number of ether oxygens (including phenoxy) is 1. The summed E-state index contributed by atoms with van der Waals surface area (Å²) in [4.78, 5) is 12.9. The number of benzene rings is 2. The molecule has 0 bridgehead atoms. The molecule has 146 valence electrons. The Kier molecular flexibility index (Phi) is 5.37. The second-order valence-corrected chi connectivity index (χ2v) is 7.71. The van der Waals surface area contributed by atoms with Crippen LogP contribution in [0.3, 0.4) is 0 Å². The molecule has 29 heavy (non-hydrogen) atoms. The van der Waals surface area contributed by atoms with Crippen molar-refractivity contribution in [1.82, 2.24) is 19.6 Å². The standard InChI is InChI=1S/C20H13ClFIN4O2/c1-29-18-11-26(16-6-5-13(23)10-15(16)22)25-19(20(18)28)17-7-8-24-27(17)14-4-2-3-12(21)9-14/h2-11H,1H3. The Hall–Kier alpha value is -2.72. The Bertz CT molecular complexity index is 1270. The highest BCUT2D eigenvalue weighted by molar-refractivity contribution is 14.1. The van der Waals surface area contributed by atoms with Gasteiger partial charge in [0.05, 0.1) is 30.9 Å². The first-order valence-electron chi connectivity index (χ1n) is 8.41. The van der Waals surface area contributed by atoms with Crippen LogP contribution in [0, 0.1) is 9.39 Å². The number of methoxy groups -OCH3 is 1. The molecule has 0 saturated carbocycles. The van der Waals surface area contributed by atoms with Crippen molar-refractivity contribution in [1.29, 1.82) is 0 Å². The molecule has 2 heterocycles. The number of hydrogen-bond donors (Lipinski definition) is 0. The maximum Gasteiger partial charge on any atom is 0.251 e. The molecule has 0 aliphatic heterocycles. The molecule has 0 spiro atoms. The van der Waals surface area contributed by atoms with Gasteiger partial charge in [0.1, 0.15) is 11.5 Å². The molecule has 0 saturated heterocycles. The fourth-order valence-corrected chi connectivity index (χ4v) is 3.51. The molecule has 4 aromatic rings. The third-order valence-corrected chi connectivity index (χ3v) is 5.11. The van der Waals surface area contributed by atoms with Crippen molar-refractivity contribution in [3.8, 4) is 28.5 Å². The lowest BCUT2D eigenvalue weighted by Crippen LogP contribution is -2.18. The highest BCUT2D eigenvalue weighted by Crippen LogP contribution is 2.23. The van der Waals surface area contributed by atoms with Gasteiger partial charge in [-0.2, -0.15) is 10.2 Å². The monoisotopic (exact) mass is 522 g/mol. The van der Waals surface area contributed by atoms with Gasteiger partial charge in [0.25, 0.3) is 5.43 Å². The van der Waals surface area contributed by atoms with Crippen LogP contribution in [0.1, 0.15) is 0 Å². The van der Waals surface area contributed by atoms with Crippen LogP contribution in [0.15, 0.2) is 65.7 Å². The van der Waals surface area contributed by atoms with Crippen LogP contribution in [0.25, 0.3) is 22.8 Å². The first-order valence-corrected chi connectivity index (χ1v) is 9.87. The maximum absolute atomic E-state index is 14.5. The number of hydrogen-bond acceptors (Lipinski definition) is 4. The first-order chi connectivity index (χ1) is 14.0. The van der Waals surface area contributed by atoms with Crippen LogP contribution in [0.4, 0.5) is 4.39 Å². The molecule has 0 radical (unpaired) electrons. The van der Waals surface area contributed by atoms with Gasteiger partial charge in [-0.1, -0.05) is 17.7 Å². The molecule has 0 unspecified atom stereocenters. The van der Waals surface area contributed by atoms with Crippen molar-refractivity contribution in [2.45, 2.75) is 0 Å². The average Bonchev–Trinajstić information content (AvgIpc) is 3.18. The van der Waals surface area contributed by atoms with Gasteiger partial charge < -0.3 is 4.74 Å². The van der Waals surface area contributed by atoms with Gasteiger partial charge in [-0.3, -0.25) is 4.79 Å². The van der Waals surface area contributed by atoms with Gasteiger partial charge in [-0.05, 0) is 65.1 Å². The van der Waals surface area contributed by atoms with E-state index in [0.717, 1.165) is 3.57 Å². The summed E-state index contributed by atoms with van der Waals surface area (Å²) >= 11 is 8.11. The SMILES string of the molecule is COc1cn(-c2ccc(I)cc2F)nc(-c2ccnn2-c2cccc(Cl)c2)c1=O. The highest BCUT2D eigenvalue weighted by atomic mass is 127. The summed E-state index contributed by atoms with van der Waals surface area (Å²) < 4.78 is 23.3. The summed E-state index contributed by atoms with van der Waals surface area (Å²) in [5.41, 5.74) is 0.918. The largest absolute Gasteiger partial charge is 0.491 e. The molecule has 0 aliphatic carbocycles. The van der Waals surface area contributed by atoms with Gasteiger partial charge in [0.15, 0.2) is 11.4 Å². The predicted octanol–water partition coefficient (Wildman–Crippen LogP) is 4.49. The summed E-state index contributed by atoms with van der Waals surface area (Å²) in [7, 11) is 1.38. The van der Waals surface area contributed by atoms with Crippen LogP contribution in [-0.2, 0) is 0 Å². The van der Waals surface area contributed by atoms with Crippen molar-refractivity contribution < 1.29 is 9.13 Å². The van der Waals surface area contributed by atoms with Crippen molar-refractivity contribution in [2.24, 2.45) is 0 Å². The fourth-order valence-electron chi connectivity index (χ4n) is 2.87. The Balaban J connectivity index is 1.94. The Morgan fingerprint density at radius 3 is 2.72 bits per heavy atom. The summed E-state index contributed by atoms with van der Waals surface area (Å²) in [6.07, 6.45) is 2.91. The number of halogens is 3. The van der Waals surface area contributed by atoms with Crippen molar-refractivity contribution in [3.05, 3.63) is 85.6 Å². The van der Waals surface area contributed by atoms with Gasteiger partial charge in [0.2, 0.25) is 0 Å². The van der Waals surface area contributed by atoms with Crippen LogP contribution in [-0.4, -0.2) is 26.7 Å². The molecule has 0 amide bonds. The molecule has 0 fully saturated rings. The topological polar surface area (TPSA) is 61.9 Å². The molecule has 9 heteroatoms. The zero-order chi connectivity index (χ0) is 20.5. The minimum atomic E-state index is -0.468. The minimum absolute atomic E-state index is 0.0341. The number of aromatic nitrogens is 4. The van der Waals surface area contributed by atoms with Crippen LogP contribution < -0.4 is 10.2 Å². The van der Waals surface area contributed by atoms with E-state index >= 15 is 0 Å². The normalized spacial score (nSPS) is 10.9. The Morgan fingerprint density at radius 1 is 1.17 bits per heavy atom. The van der Waals surface area contributed by atoms with Crippen LogP contribution >= 0.6 is 34.2 Å². The van der Waals surface area contributed by atoms with Gasteiger partial charge in [0, 0.05) is 8.59 Å². The summed E-state index contributed by atoms with van der Waals surface area (Å²) in [5.74, 6) is -0.434. The van der Waals surface area contributed by atoms with Gasteiger partial charge in [-0.15, -0.1) is 0 Å². The maximum atomic E-state index is 14.5. The lowest BCUT2D eigenvalue weighted by atomic mass is 10.2. The van der Waals surface area contributed by atoms with E-state index in [4.69, 9.17) is 16.3 Å². The van der Waals surface area contributed by atoms with Crippen molar-refractivity contribution >= 4 is 34.2 Å². The zero-order valence-corrected chi connectivity index (χ0v) is 17.9. The molecular weight excluding hydrogens is 510 g/mol. The molecule has 0 aliphatic rings. The number of rotatable bonds is 4. The van der Waals surface area contributed by atoms with E-state index in [2.05, 4.69) is 10.2 Å². The van der Waals surface area contributed by atoms with E-state index in [-0.39, 0.29) is 17.1 Å². The predicted molar refractivity (Wildman–Crippen MR) is 117 cm³/mol. The van der Waals surface area contributed by atoms with Crippen LogP contribution in [0.2, 0.25) is 5.02 Å². The first kappa shape index (κ1) is 19.6. The molecular formula is C20H13ClFIN4O2. The summed E-state index contributed by atoms with van der Waals surface area (Å²) in [6.45, 7) is 0. The van der Waals surface area contributed by atoms with E-state index in [1.807, 2.05) is 22.6 Å². The molecule has 0 N–H and O–H groups in total. The van der Waals surface area contributed by atoms with Crippen LogP contribution in [0.5, 0.6) is 5.75 Å². The quantitative estimate of drug-likeness (QED) is 0.371. The van der Waals surface area contributed by atoms with Crippen molar-refractivity contribution in [3.63, 3.8) is 0 Å². The second-order valence-electron chi connectivity index (χ2n) is 6.02. The smallest absolute Gasteiger partial charge is 0.251 e. The van der Waals surface area contributed by atoms with E-state index in [0.29, 0.717) is 16.4 Å². The minimum Gasteiger partial charge on any atom is -0.491 e. The molecule has 2 aromatic heterocycles. The van der Waals surface area contributed by atoms with Gasteiger partial charge in [-0.25, -0.2) is 13.8 Å². The molecule has 6 nitrogen and oxygen atoms in total. The molecule has 2 aromatic carbocycles. The molecule has 0 atom stereocenters. The lowest BCUT2D eigenvalue weighted by Gasteiger charge is -2.12. The Morgan fingerprint density at radius 2 is 2.00 bits per heavy atom. The van der Waals surface area contributed by atoms with Gasteiger partial charge >= 0.3 is 0 Å². The van der Waals surface area contributed by atoms with E-state index < -0.39 is 11.2 Å². The van der Waals surface area contributed by atoms with E-state index in [1.165, 1.54) is 24.1 Å². The lowest BCUT2D eigenvalue weighted by molar-refractivity contribution is 0.405. The summed E-state index contributed by atoms with van der Waals surface area (Å²) in [6, 6.07) is 13.4. The third kappa shape index (κ3) is 3.77. The molecule has 4 rings (SSSR count). The number of nitrogens with zero attached hydrogens (tertiary/aromatic N) is 4. The average molecular weight is 523 g/mol. The Labute approximate surface area is 183 Å². The highest BCUT2D eigenvalue weighted by Gasteiger charge is 2.19. The zero-order valence-electron chi connectivity index (χ0n) is 15.0. The van der Waals surface area contributed by atoms with E-state index in [9.17, 15) is 9.18 Å². The van der Waals surface area contributed by atoms with Crippen molar-refractivity contribution in [2.75, 3.05) is 7.11 Å².